The fourth-order valence-electron chi connectivity index (χ4n) is 5.20. The number of aliphatic hydroxyl groups excluding tert-OH is 6. The third kappa shape index (κ3) is 6.00. The Morgan fingerprint density at radius 3 is 2.02 bits per heavy atom. The minimum atomic E-state index is -2.37. The molecule has 0 aromatic carbocycles. The third-order valence-electron chi connectivity index (χ3n) is 7.48. The molecule has 1 aliphatic carbocycles. The molecule has 19 nitrogen and oxygen atoms in total. The van der Waals surface area contributed by atoms with Crippen LogP contribution in [0.15, 0.2) is 0 Å². The number of nitrogens with two attached hydrogens (primary N) is 4. The predicted octanol–water partition coefficient (Wildman–Crippen LogP) is -12.0. The van der Waals surface area contributed by atoms with Crippen LogP contribution >= 0.6 is 0 Å². The fraction of sp³-hybridized carbons (Fsp3) is 0.857. The van der Waals surface area contributed by atoms with Gasteiger partial charge >= 0.3 is 11.9 Å². The van der Waals surface area contributed by atoms with Crippen LogP contribution in [0.1, 0.15) is 6.92 Å². The van der Waals surface area contributed by atoms with E-state index in [1.54, 1.807) is 0 Å². The summed E-state index contributed by atoms with van der Waals surface area (Å²) in [4.78, 5) is 17.1. The molecule has 0 spiro atoms. The van der Waals surface area contributed by atoms with Gasteiger partial charge < -0.3 is 60.0 Å². The van der Waals surface area contributed by atoms with Crippen LogP contribution in [-0.4, -0.2) is 159 Å². The van der Waals surface area contributed by atoms with Crippen molar-refractivity contribution in [3.63, 3.8) is 0 Å². The van der Waals surface area contributed by atoms with Gasteiger partial charge in [0.1, 0.15) is 60.9 Å². The second-order valence-corrected chi connectivity index (χ2v) is 10.1. The summed E-state index contributed by atoms with van der Waals surface area (Å²) in [6.45, 7) is 0.640. The van der Waals surface area contributed by atoms with E-state index < -0.39 is 104 Å². The van der Waals surface area contributed by atoms with Crippen molar-refractivity contribution in [1.29, 1.82) is 0 Å². The minimum absolute atomic E-state index is 0.153. The number of carbonyl (C=O) groups is 1. The van der Waals surface area contributed by atoms with Crippen LogP contribution in [0, 0.1) is 0 Å². The van der Waals surface area contributed by atoms with E-state index in [2.05, 4.69) is 15.3 Å². The maximum atomic E-state index is 12.1. The summed E-state index contributed by atoms with van der Waals surface area (Å²) in [6.07, 6.45) is -16.9. The largest absolute Gasteiger partial charge is 0.394 e. The summed E-state index contributed by atoms with van der Waals surface area (Å²) in [5.74, 6) is -0.756. The number of hydrogen-bond acceptors (Lipinski definition) is 13. The van der Waals surface area contributed by atoms with Gasteiger partial charge in [0.15, 0.2) is 24.5 Å². The van der Waals surface area contributed by atoms with Gasteiger partial charge in [-0.25, -0.2) is 0 Å². The monoisotopic (exact) mass is 583 g/mol. The lowest BCUT2D eigenvalue weighted by atomic mass is 9.81. The number of likely N-dealkylation sites (N-methyl/N-ethyl adjacent to an activating group) is 1. The highest BCUT2D eigenvalue weighted by atomic mass is 16.8. The summed E-state index contributed by atoms with van der Waals surface area (Å²) in [5, 5.41) is 76.8. The van der Waals surface area contributed by atoms with Crippen LogP contribution < -0.4 is 38.2 Å². The molecule has 3 rings (SSSR count). The summed E-state index contributed by atoms with van der Waals surface area (Å²) in [6, 6.07) is -3.76. The van der Waals surface area contributed by atoms with Crippen molar-refractivity contribution in [1.82, 2.24) is 5.32 Å². The number of aldehydes is 1. The van der Waals surface area contributed by atoms with Crippen molar-refractivity contribution < 1.29 is 69.5 Å². The lowest BCUT2D eigenvalue weighted by Crippen LogP contribution is -2.99. The molecule has 2 saturated heterocycles. The van der Waals surface area contributed by atoms with Gasteiger partial charge in [0.25, 0.3) is 0 Å². The Labute approximate surface area is 228 Å². The first kappa shape index (κ1) is 32.2. The number of carbonyl (C=O) groups excluding carboxylic acids is 1. The van der Waals surface area contributed by atoms with Gasteiger partial charge in [-0.1, -0.05) is 0 Å². The summed E-state index contributed by atoms with van der Waals surface area (Å²) < 4.78 is 23.0. The van der Waals surface area contributed by atoms with E-state index in [-0.39, 0.29) is 12.2 Å². The highest BCUT2D eigenvalue weighted by Crippen LogP contribution is 2.37. The predicted molar refractivity (Wildman–Crippen MR) is 130 cm³/mol. The van der Waals surface area contributed by atoms with Crippen molar-refractivity contribution in [3.05, 3.63) is 0 Å². The van der Waals surface area contributed by atoms with Crippen LogP contribution in [0.3, 0.4) is 0 Å². The number of aliphatic hydroxyl groups is 7. The van der Waals surface area contributed by atoms with Crippen molar-refractivity contribution in [2.45, 2.75) is 98.2 Å². The average Bonchev–Trinajstić information content (AvgIpc) is 3.13. The lowest BCUT2D eigenvalue weighted by Gasteiger charge is -2.45. The second kappa shape index (κ2) is 12.7. The molecular formula is C21H41N7O12+2. The number of nitrogens with one attached hydrogen (secondary N) is 3. The van der Waals surface area contributed by atoms with E-state index in [4.69, 9.17) is 41.9 Å². The molecule has 230 valence electrons. The van der Waals surface area contributed by atoms with Crippen molar-refractivity contribution >= 4 is 18.2 Å². The van der Waals surface area contributed by atoms with E-state index in [1.165, 1.54) is 14.0 Å². The Morgan fingerprint density at radius 2 is 1.50 bits per heavy atom. The normalized spacial score (nSPS) is 47.4. The minimum Gasteiger partial charge on any atom is -0.394 e. The zero-order valence-electron chi connectivity index (χ0n) is 21.8. The van der Waals surface area contributed by atoms with Gasteiger partial charge in [0.05, 0.1) is 18.8 Å². The molecule has 3 aliphatic rings. The van der Waals surface area contributed by atoms with Gasteiger partial charge in [-0.15, -0.1) is 0 Å². The maximum absolute atomic E-state index is 12.1. The molecule has 18 N–H and O–H groups in total. The average molecular weight is 584 g/mol. The Kier molecular flexibility index (Phi) is 10.2. The molecule has 0 amide bonds. The zero-order chi connectivity index (χ0) is 30.1. The molecule has 1 saturated carbocycles. The van der Waals surface area contributed by atoms with E-state index >= 15 is 0 Å². The standard InChI is InChI=1S/C21H39N7O12/c1-5-21(36,4-30)16(40-17-9(26-2)13(34)10(31)6(3-29)38-17)18(37-5)39-15-8(28-20(24)25)11(32)7(27-19(22)23)12(33)14(15)35/h4-18,26,29,31-36H,3H2,1-2H3,(H4,22,23,27)(H4,24,25,28)/p+2/t5-,6-,7+,8-,9-,10-,11+,12-,13-,14+,15+,16-,17-,18-,21+/m0/s1. The topological polar surface area (TPSA) is 340 Å². The van der Waals surface area contributed by atoms with Gasteiger partial charge in [-0.2, -0.15) is 0 Å². The first-order valence-electron chi connectivity index (χ1n) is 12.5. The number of hydrogen-bond donors (Lipinski definition) is 14. The SMILES string of the molecule is CN[C@@H]1[C@H](O[C@H]2[C@H](O[C@H]3[C@H](O)[C@@H](O)[C@H]([NH+]=C(N)N)[C@@H](O)[C@@H]3[NH+]=C(N)N)O[C@@H](C)[C@]2(O)C=O)O[C@@H](CO)[C@H](O)[C@H]1O. The Hall–Kier alpha value is -2.27. The number of guanidine groups is 2. The van der Waals surface area contributed by atoms with Crippen LogP contribution in [0.4, 0.5) is 0 Å². The van der Waals surface area contributed by atoms with Crippen LogP contribution in [0.5, 0.6) is 0 Å². The molecule has 40 heavy (non-hydrogen) atoms. The van der Waals surface area contributed by atoms with Gasteiger partial charge in [0.2, 0.25) is 0 Å². The van der Waals surface area contributed by atoms with Crippen LogP contribution in [-0.2, 0) is 23.7 Å². The molecule has 0 unspecified atom stereocenters. The van der Waals surface area contributed by atoms with E-state index in [0.717, 1.165) is 0 Å². The van der Waals surface area contributed by atoms with Crippen LogP contribution in [0.2, 0.25) is 0 Å². The lowest BCUT2D eigenvalue weighted by molar-refractivity contribution is -0.597. The highest BCUT2D eigenvalue weighted by Gasteiger charge is 2.61. The molecule has 2 aliphatic heterocycles. The van der Waals surface area contributed by atoms with E-state index in [1.807, 2.05) is 0 Å². The maximum Gasteiger partial charge on any atom is 0.339 e. The first-order chi connectivity index (χ1) is 18.7. The van der Waals surface area contributed by atoms with Crippen molar-refractivity contribution in [2.24, 2.45) is 22.9 Å². The van der Waals surface area contributed by atoms with Crippen molar-refractivity contribution in [3.8, 4) is 0 Å². The first-order valence-corrected chi connectivity index (χ1v) is 12.5. The molecule has 0 aromatic rings. The quantitative estimate of drug-likeness (QED) is 0.0680. The Balaban J connectivity index is 1.96. The summed E-state index contributed by atoms with van der Waals surface area (Å²) >= 11 is 0. The molecule has 0 radical (unpaired) electrons. The summed E-state index contributed by atoms with van der Waals surface area (Å²) in [7, 11) is 1.43. The van der Waals surface area contributed by atoms with Gasteiger partial charge in [-0.3, -0.25) is 37.7 Å². The van der Waals surface area contributed by atoms with Crippen molar-refractivity contribution in [2.75, 3.05) is 13.7 Å². The van der Waals surface area contributed by atoms with Crippen LogP contribution in [0.25, 0.3) is 0 Å². The zero-order valence-corrected chi connectivity index (χ0v) is 21.8. The molecule has 19 heteroatoms. The van der Waals surface area contributed by atoms with E-state index in [0.29, 0.717) is 0 Å². The van der Waals surface area contributed by atoms with E-state index in [9.17, 15) is 40.5 Å². The molecular weight excluding hydrogens is 542 g/mol. The molecule has 0 bridgehead atoms. The van der Waals surface area contributed by atoms with Gasteiger partial charge in [0, 0.05) is 0 Å². The second-order valence-electron chi connectivity index (χ2n) is 10.1. The Morgan fingerprint density at radius 1 is 0.900 bits per heavy atom. The highest BCUT2D eigenvalue weighted by molar-refractivity contribution is 5.69. The molecule has 15 atom stereocenters. The molecule has 3 fully saturated rings. The number of ether oxygens (including phenoxy) is 4. The third-order valence-corrected chi connectivity index (χ3v) is 7.48. The smallest absolute Gasteiger partial charge is 0.339 e. The molecule has 0 aromatic heterocycles. The number of rotatable bonds is 9. The Bertz CT molecular complexity index is 940. The fourth-order valence-corrected chi connectivity index (χ4v) is 5.20. The summed E-state index contributed by atoms with van der Waals surface area (Å²) in [5.41, 5.74) is 19.7. The molecule has 2 heterocycles. The van der Waals surface area contributed by atoms with Gasteiger partial charge in [-0.05, 0) is 14.0 Å².